The Labute approximate surface area is 129 Å². The molecule has 8 heteroatoms. The normalized spacial score (nSPS) is 25.2. The highest BCUT2D eigenvalue weighted by Gasteiger charge is 2.51. The first-order valence-electron chi connectivity index (χ1n) is 6.25. The van der Waals surface area contributed by atoms with Crippen molar-refractivity contribution < 1.29 is 14.7 Å². The highest BCUT2D eigenvalue weighted by atomic mass is 32.2. The van der Waals surface area contributed by atoms with E-state index in [2.05, 4.69) is 4.98 Å². The number of nitrogens with two attached hydrogens (primary N) is 1. The summed E-state index contributed by atoms with van der Waals surface area (Å²) >= 11 is 2.98. The molecule has 110 valence electrons. The number of carboxylic acid groups (broad SMARTS) is 1. The molecule has 0 aliphatic carbocycles. The van der Waals surface area contributed by atoms with E-state index in [-0.39, 0.29) is 17.0 Å². The summed E-state index contributed by atoms with van der Waals surface area (Å²) in [7, 11) is 0. The molecule has 3 heterocycles. The Hall–Kier alpha value is -1.64. The zero-order valence-electron chi connectivity index (χ0n) is 11.1. The Morgan fingerprint density at radius 3 is 2.95 bits per heavy atom. The van der Waals surface area contributed by atoms with Crippen molar-refractivity contribution in [3.05, 3.63) is 33.4 Å². The fraction of sp³-hybridized carbons (Fsp3) is 0.308. The second-order valence-electron chi connectivity index (χ2n) is 4.75. The summed E-state index contributed by atoms with van der Waals surface area (Å²) in [5.41, 5.74) is 9.01. The number of rotatable bonds is 3. The lowest BCUT2D eigenvalue weighted by Crippen LogP contribution is -2.68. The van der Waals surface area contributed by atoms with Gasteiger partial charge in [-0.15, -0.1) is 23.1 Å². The summed E-state index contributed by atoms with van der Waals surface area (Å²) in [6, 6.07) is -0.598. The molecule has 3 rings (SSSR count). The maximum absolute atomic E-state index is 11.8. The van der Waals surface area contributed by atoms with Crippen LogP contribution in [0.25, 0.3) is 6.08 Å². The molecule has 2 unspecified atom stereocenters. The maximum atomic E-state index is 11.8. The Kier molecular flexibility index (Phi) is 3.60. The van der Waals surface area contributed by atoms with Crippen LogP contribution in [0, 0.1) is 6.92 Å². The first kappa shape index (κ1) is 14.3. The Morgan fingerprint density at radius 2 is 2.33 bits per heavy atom. The van der Waals surface area contributed by atoms with Gasteiger partial charge in [-0.1, -0.05) is 6.08 Å². The number of nitrogens with zero attached hydrogens (tertiary/aromatic N) is 2. The standard InChI is InChI=1S/C13H13N3O3S2/c1-6-8(21-5-15-6)3-2-7-4-20-12-9(14)11(17)16(12)10(7)13(18)19/h2-3,5,9,12H,4,14H2,1H3,(H,18,19)/b3-2-. The number of aliphatic carboxylic acids is 1. The van der Waals surface area contributed by atoms with Crippen molar-refractivity contribution in [2.75, 3.05) is 5.75 Å². The van der Waals surface area contributed by atoms with Crippen molar-refractivity contribution in [3.8, 4) is 0 Å². The first-order chi connectivity index (χ1) is 10.0. The smallest absolute Gasteiger partial charge is 0.352 e. The average molecular weight is 323 g/mol. The molecular formula is C13H13N3O3S2. The molecule has 0 saturated carbocycles. The SMILES string of the molecule is Cc1ncsc1/C=C\C1=C(C(=O)O)N2C(=O)C(N)C2SC1. The van der Waals surface area contributed by atoms with E-state index in [1.807, 2.05) is 13.0 Å². The summed E-state index contributed by atoms with van der Waals surface area (Å²) in [6.07, 6.45) is 3.60. The number of carbonyl (C=O) groups is 2. The largest absolute Gasteiger partial charge is 0.477 e. The molecule has 1 aromatic rings. The van der Waals surface area contributed by atoms with E-state index >= 15 is 0 Å². The van der Waals surface area contributed by atoms with E-state index in [0.29, 0.717) is 11.3 Å². The van der Waals surface area contributed by atoms with Crippen molar-refractivity contribution in [2.24, 2.45) is 5.73 Å². The molecule has 0 aromatic carbocycles. The number of aryl methyl sites for hydroxylation is 1. The van der Waals surface area contributed by atoms with Gasteiger partial charge in [0.25, 0.3) is 0 Å². The Morgan fingerprint density at radius 1 is 1.57 bits per heavy atom. The monoisotopic (exact) mass is 323 g/mol. The lowest BCUT2D eigenvalue weighted by Gasteiger charge is -2.47. The fourth-order valence-corrected chi connectivity index (χ4v) is 4.27. The number of β-lactam (4-membered cyclic amide) rings is 1. The van der Waals surface area contributed by atoms with Gasteiger partial charge in [0.15, 0.2) is 0 Å². The minimum absolute atomic E-state index is 0.0452. The second kappa shape index (κ2) is 5.28. The van der Waals surface area contributed by atoms with Gasteiger partial charge in [-0.05, 0) is 18.6 Å². The number of carboxylic acids is 1. The van der Waals surface area contributed by atoms with Gasteiger partial charge in [0, 0.05) is 10.6 Å². The Balaban J connectivity index is 1.95. The number of thioether (sulfide) groups is 1. The van der Waals surface area contributed by atoms with Gasteiger partial charge >= 0.3 is 5.97 Å². The molecule has 1 saturated heterocycles. The zero-order chi connectivity index (χ0) is 15.1. The lowest BCUT2D eigenvalue weighted by atomic mass is 10.0. The van der Waals surface area contributed by atoms with Gasteiger partial charge in [-0.25, -0.2) is 9.78 Å². The Bertz CT molecular complexity index is 680. The molecule has 1 aromatic heterocycles. The molecule has 21 heavy (non-hydrogen) atoms. The van der Waals surface area contributed by atoms with Crippen molar-refractivity contribution in [1.29, 1.82) is 0 Å². The summed E-state index contributed by atoms with van der Waals surface area (Å²) in [6.45, 7) is 1.90. The van der Waals surface area contributed by atoms with E-state index in [1.54, 1.807) is 11.6 Å². The van der Waals surface area contributed by atoms with Crippen LogP contribution in [-0.4, -0.2) is 44.0 Å². The van der Waals surface area contributed by atoms with Crippen LogP contribution in [0.3, 0.4) is 0 Å². The van der Waals surface area contributed by atoms with Gasteiger partial charge in [0.05, 0.1) is 11.2 Å². The van der Waals surface area contributed by atoms with Crippen LogP contribution in [0.4, 0.5) is 0 Å². The molecule has 0 radical (unpaired) electrons. The minimum Gasteiger partial charge on any atom is -0.477 e. The predicted molar refractivity (Wildman–Crippen MR) is 81.6 cm³/mol. The van der Waals surface area contributed by atoms with Crippen LogP contribution in [0.1, 0.15) is 10.6 Å². The van der Waals surface area contributed by atoms with Crippen molar-refractivity contribution >= 4 is 41.1 Å². The number of hydrogen-bond acceptors (Lipinski definition) is 6. The molecule has 0 spiro atoms. The molecular weight excluding hydrogens is 310 g/mol. The van der Waals surface area contributed by atoms with E-state index in [9.17, 15) is 14.7 Å². The summed E-state index contributed by atoms with van der Waals surface area (Å²) in [5.74, 6) is -0.899. The molecule has 1 amide bonds. The van der Waals surface area contributed by atoms with Gasteiger partial charge in [-0.2, -0.15) is 0 Å². The number of allylic oxidation sites excluding steroid dienone is 1. The quantitative estimate of drug-likeness (QED) is 0.807. The number of hydrogen-bond donors (Lipinski definition) is 2. The van der Waals surface area contributed by atoms with Crippen molar-refractivity contribution in [3.63, 3.8) is 0 Å². The molecule has 0 bridgehead atoms. The van der Waals surface area contributed by atoms with Crippen LogP contribution in [-0.2, 0) is 9.59 Å². The van der Waals surface area contributed by atoms with Crippen molar-refractivity contribution in [2.45, 2.75) is 18.3 Å². The van der Waals surface area contributed by atoms with E-state index in [0.717, 1.165) is 10.6 Å². The highest BCUT2D eigenvalue weighted by Crippen LogP contribution is 2.39. The van der Waals surface area contributed by atoms with E-state index in [4.69, 9.17) is 5.73 Å². The zero-order valence-corrected chi connectivity index (χ0v) is 12.8. The number of amides is 1. The summed E-state index contributed by atoms with van der Waals surface area (Å²) in [5, 5.41) is 9.14. The third-order valence-electron chi connectivity index (χ3n) is 3.46. The van der Waals surface area contributed by atoms with Gasteiger partial charge in [0.1, 0.15) is 17.1 Å². The molecule has 2 atom stereocenters. The number of aromatic nitrogens is 1. The molecule has 3 N–H and O–H groups in total. The summed E-state index contributed by atoms with van der Waals surface area (Å²) < 4.78 is 0. The molecule has 2 aliphatic rings. The van der Waals surface area contributed by atoms with Crippen LogP contribution >= 0.6 is 23.1 Å². The topological polar surface area (TPSA) is 96.5 Å². The van der Waals surface area contributed by atoms with Crippen LogP contribution in [0.15, 0.2) is 22.9 Å². The van der Waals surface area contributed by atoms with Crippen molar-refractivity contribution in [1.82, 2.24) is 9.88 Å². The molecule has 6 nitrogen and oxygen atoms in total. The fourth-order valence-electron chi connectivity index (χ4n) is 2.32. The number of thiazole rings is 1. The van der Waals surface area contributed by atoms with Gasteiger partial charge in [0.2, 0.25) is 5.91 Å². The molecule has 1 fully saturated rings. The highest BCUT2D eigenvalue weighted by molar-refractivity contribution is 8.00. The minimum atomic E-state index is -1.10. The van der Waals surface area contributed by atoms with Crippen LogP contribution in [0.5, 0.6) is 0 Å². The third-order valence-corrected chi connectivity index (χ3v) is 5.68. The predicted octanol–water partition coefficient (Wildman–Crippen LogP) is 1.05. The molecule has 2 aliphatic heterocycles. The first-order valence-corrected chi connectivity index (χ1v) is 8.18. The van der Waals surface area contributed by atoms with E-state index in [1.165, 1.54) is 28.0 Å². The van der Waals surface area contributed by atoms with Gasteiger partial charge < -0.3 is 10.8 Å². The number of fused-ring (bicyclic) bond motifs is 1. The van der Waals surface area contributed by atoms with Crippen LogP contribution in [0.2, 0.25) is 0 Å². The average Bonchev–Trinajstić information content (AvgIpc) is 2.88. The third kappa shape index (κ3) is 2.29. The second-order valence-corrected chi connectivity index (χ2v) is 6.74. The maximum Gasteiger partial charge on any atom is 0.352 e. The van der Waals surface area contributed by atoms with Crippen LogP contribution < -0.4 is 5.73 Å². The summed E-state index contributed by atoms with van der Waals surface area (Å²) in [4.78, 5) is 29.7. The lowest BCUT2D eigenvalue weighted by molar-refractivity contribution is -0.147. The van der Waals surface area contributed by atoms with E-state index < -0.39 is 12.0 Å². The number of carbonyl (C=O) groups excluding carboxylic acids is 1. The van der Waals surface area contributed by atoms with Gasteiger partial charge in [-0.3, -0.25) is 9.69 Å².